The third-order valence-electron chi connectivity index (χ3n) is 2.16. The summed E-state index contributed by atoms with van der Waals surface area (Å²) in [6.07, 6.45) is 1.58. The summed E-state index contributed by atoms with van der Waals surface area (Å²) < 4.78 is 0. The molecule has 0 aromatic carbocycles. The molecule has 1 saturated heterocycles. The topological polar surface area (TPSA) is 54.5 Å². The van der Waals surface area contributed by atoms with Gasteiger partial charge in [0, 0.05) is 32.4 Å². The normalized spacial score (nSPS) is 17.3. The maximum atomic E-state index is 11.6. The molecule has 0 saturated carbocycles. The van der Waals surface area contributed by atoms with Crippen molar-refractivity contribution in [3.8, 4) is 0 Å². The molecule has 0 bridgehead atoms. The van der Waals surface area contributed by atoms with Crippen LogP contribution in [0.25, 0.3) is 0 Å². The van der Waals surface area contributed by atoms with E-state index in [1.165, 1.54) is 0 Å². The number of pyridine rings is 1. The van der Waals surface area contributed by atoms with E-state index >= 15 is 0 Å². The molecular weight excluding hydrogens is 194 g/mol. The van der Waals surface area contributed by atoms with Crippen molar-refractivity contribution in [2.45, 2.75) is 0 Å². The molecule has 5 nitrogen and oxygen atoms in total. The van der Waals surface area contributed by atoms with Gasteiger partial charge in [0.1, 0.15) is 5.69 Å². The zero-order chi connectivity index (χ0) is 10.5. The number of nitrogens with zero attached hydrogens (tertiary/aromatic N) is 2. The molecule has 0 unspecified atom stereocenters. The van der Waals surface area contributed by atoms with Crippen molar-refractivity contribution < 1.29 is 9.63 Å². The minimum absolute atomic E-state index is 0.344. The van der Waals surface area contributed by atoms with Crippen molar-refractivity contribution in [3.05, 3.63) is 30.1 Å². The lowest BCUT2D eigenvalue weighted by Gasteiger charge is -2.25. The number of piperazine rings is 1. The van der Waals surface area contributed by atoms with E-state index < -0.39 is 5.97 Å². The summed E-state index contributed by atoms with van der Waals surface area (Å²) in [6, 6.07) is 5.17. The molecule has 0 radical (unpaired) electrons. The van der Waals surface area contributed by atoms with Gasteiger partial charge >= 0.3 is 5.97 Å². The van der Waals surface area contributed by atoms with Crippen LogP contribution in [0.1, 0.15) is 10.5 Å². The van der Waals surface area contributed by atoms with E-state index in [2.05, 4.69) is 10.3 Å². The van der Waals surface area contributed by atoms with Gasteiger partial charge < -0.3 is 10.2 Å². The van der Waals surface area contributed by atoms with Crippen LogP contribution < -0.4 is 5.32 Å². The minimum atomic E-state index is -0.391. The lowest BCUT2D eigenvalue weighted by atomic mass is 10.4. The van der Waals surface area contributed by atoms with Crippen molar-refractivity contribution in [3.63, 3.8) is 0 Å². The van der Waals surface area contributed by atoms with Gasteiger partial charge in [-0.25, -0.2) is 9.78 Å². The maximum absolute atomic E-state index is 11.6. The number of nitrogens with one attached hydrogen (secondary N) is 1. The van der Waals surface area contributed by atoms with Gasteiger partial charge in [-0.3, -0.25) is 0 Å². The summed E-state index contributed by atoms with van der Waals surface area (Å²) in [5.41, 5.74) is 0.344. The van der Waals surface area contributed by atoms with Crippen LogP contribution in [-0.4, -0.2) is 42.2 Å². The Kier molecular flexibility index (Phi) is 3.26. The molecule has 0 aliphatic carbocycles. The Labute approximate surface area is 88.0 Å². The largest absolute Gasteiger partial charge is 0.375 e. The fourth-order valence-electron chi connectivity index (χ4n) is 1.38. The average Bonchev–Trinajstić information content (AvgIpc) is 2.31. The second kappa shape index (κ2) is 4.86. The SMILES string of the molecule is O=C(ON1CCNCC1)c1ccccn1. The monoisotopic (exact) mass is 207 g/mol. The van der Waals surface area contributed by atoms with Crippen LogP contribution in [0.4, 0.5) is 0 Å². The van der Waals surface area contributed by atoms with Crippen molar-refractivity contribution in [1.82, 2.24) is 15.4 Å². The Balaban J connectivity index is 1.91. The highest BCUT2D eigenvalue weighted by Gasteiger charge is 2.16. The zero-order valence-electron chi connectivity index (χ0n) is 8.35. The van der Waals surface area contributed by atoms with E-state index in [9.17, 15) is 4.79 Å². The molecule has 5 heteroatoms. The summed E-state index contributed by atoms with van der Waals surface area (Å²) in [5, 5.41) is 4.84. The zero-order valence-corrected chi connectivity index (χ0v) is 8.35. The van der Waals surface area contributed by atoms with Gasteiger partial charge in [0.05, 0.1) is 0 Å². The molecule has 15 heavy (non-hydrogen) atoms. The van der Waals surface area contributed by atoms with E-state index in [0.717, 1.165) is 26.2 Å². The number of hydrogen-bond donors (Lipinski definition) is 1. The standard InChI is InChI=1S/C10H13N3O2/c14-10(9-3-1-2-4-12-9)15-13-7-5-11-6-8-13/h1-4,11H,5-8H2. The molecule has 1 aromatic heterocycles. The first-order valence-electron chi connectivity index (χ1n) is 4.95. The van der Waals surface area contributed by atoms with Crippen molar-refractivity contribution in [2.75, 3.05) is 26.2 Å². The van der Waals surface area contributed by atoms with Crippen molar-refractivity contribution in [1.29, 1.82) is 0 Å². The lowest BCUT2D eigenvalue weighted by molar-refractivity contribution is -0.115. The minimum Gasteiger partial charge on any atom is -0.363 e. The Hall–Kier alpha value is -1.46. The molecule has 1 N–H and O–H groups in total. The fraction of sp³-hybridized carbons (Fsp3) is 0.400. The Bertz CT molecular complexity index is 323. The first kappa shape index (κ1) is 10.1. The molecule has 1 aromatic rings. The molecule has 80 valence electrons. The summed E-state index contributed by atoms with van der Waals surface area (Å²) >= 11 is 0. The van der Waals surface area contributed by atoms with Crippen LogP contribution >= 0.6 is 0 Å². The van der Waals surface area contributed by atoms with Gasteiger partial charge in [-0.1, -0.05) is 6.07 Å². The second-order valence-corrected chi connectivity index (χ2v) is 3.27. The predicted octanol–water partition coefficient (Wildman–Crippen LogP) is 0.0586. The molecule has 0 atom stereocenters. The van der Waals surface area contributed by atoms with Crippen molar-refractivity contribution >= 4 is 5.97 Å². The van der Waals surface area contributed by atoms with Gasteiger partial charge in [-0.05, 0) is 12.1 Å². The molecule has 2 heterocycles. The Morgan fingerprint density at radius 1 is 1.40 bits per heavy atom. The molecule has 0 spiro atoms. The first-order valence-corrected chi connectivity index (χ1v) is 4.95. The second-order valence-electron chi connectivity index (χ2n) is 3.27. The number of hydroxylamine groups is 2. The van der Waals surface area contributed by atoms with Crippen LogP contribution in [0.2, 0.25) is 0 Å². The number of aromatic nitrogens is 1. The van der Waals surface area contributed by atoms with Gasteiger partial charge in [-0.2, -0.15) is 0 Å². The van der Waals surface area contributed by atoms with E-state index in [0.29, 0.717) is 5.69 Å². The molecule has 2 rings (SSSR count). The molecule has 1 aliphatic rings. The highest BCUT2D eigenvalue weighted by Crippen LogP contribution is 2.01. The van der Waals surface area contributed by atoms with Crippen LogP contribution in [0, 0.1) is 0 Å². The molecule has 1 fully saturated rings. The fourth-order valence-corrected chi connectivity index (χ4v) is 1.38. The highest BCUT2D eigenvalue weighted by atomic mass is 16.7. The van der Waals surface area contributed by atoms with Gasteiger partial charge in [-0.15, -0.1) is 5.06 Å². The van der Waals surface area contributed by atoms with Gasteiger partial charge in [0.2, 0.25) is 0 Å². The summed E-state index contributed by atoms with van der Waals surface area (Å²) in [6.45, 7) is 3.13. The molecule has 0 amide bonds. The number of carbonyl (C=O) groups excluding carboxylic acids is 1. The van der Waals surface area contributed by atoms with Gasteiger partial charge in [0.25, 0.3) is 0 Å². The van der Waals surface area contributed by atoms with Crippen LogP contribution in [-0.2, 0) is 4.84 Å². The third kappa shape index (κ3) is 2.74. The quantitative estimate of drug-likeness (QED) is 0.743. The summed E-state index contributed by atoms with van der Waals surface area (Å²) in [5.74, 6) is -0.391. The highest BCUT2D eigenvalue weighted by molar-refractivity contribution is 5.86. The number of carbonyl (C=O) groups is 1. The Morgan fingerprint density at radius 2 is 2.20 bits per heavy atom. The Morgan fingerprint density at radius 3 is 2.87 bits per heavy atom. The van der Waals surface area contributed by atoms with Gasteiger partial charge in [0.15, 0.2) is 0 Å². The summed E-state index contributed by atoms with van der Waals surface area (Å²) in [4.78, 5) is 20.7. The third-order valence-corrected chi connectivity index (χ3v) is 2.16. The van der Waals surface area contributed by atoms with E-state index in [-0.39, 0.29) is 0 Å². The summed E-state index contributed by atoms with van der Waals surface area (Å²) in [7, 11) is 0. The first-order chi connectivity index (χ1) is 7.36. The van der Waals surface area contributed by atoms with Crippen LogP contribution in [0.5, 0.6) is 0 Å². The maximum Gasteiger partial charge on any atom is 0.375 e. The van der Waals surface area contributed by atoms with E-state index in [4.69, 9.17) is 4.84 Å². The molecular formula is C10H13N3O2. The van der Waals surface area contributed by atoms with Crippen molar-refractivity contribution in [2.24, 2.45) is 0 Å². The van der Waals surface area contributed by atoms with E-state index in [1.807, 2.05) is 0 Å². The number of hydrogen-bond acceptors (Lipinski definition) is 5. The van der Waals surface area contributed by atoms with Crippen LogP contribution in [0.3, 0.4) is 0 Å². The lowest BCUT2D eigenvalue weighted by Crippen LogP contribution is -2.44. The van der Waals surface area contributed by atoms with Crippen LogP contribution in [0.15, 0.2) is 24.4 Å². The predicted molar refractivity (Wildman–Crippen MR) is 54.1 cm³/mol. The molecule has 1 aliphatic heterocycles. The smallest absolute Gasteiger partial charge is 0.363 e. The van der Waals surface area contributed by atoms with E-state index in [1.54, 1.807) is 29.5 Å². The number of rotatable bonds is 2. The average molecular weight is 207 g/mol.